The van der Waals surface area contributed by atoms with Crippen LogP contribution in [0.5, 0.6) is 0 Å². The van der Waals surface area contributed by atoms with Gasteiger partial charge in [0.25, 0.3) is 5.91 Å². The number of halogens is 2. The number of rotatable bonds is 5. The molecule has 0 bridgehead atoms. The molecule has 1 heterocycles. The molecule has 1 aliphatic carbocycles. The standard InChI is InChI=1S/C21H29Cl2N3O2/c1-3-24(2)21(28)19(15-6-4-5-7-15)25-10-12-26(13-11-25)20(27)17-9-8-16(22)14-18(17)23/h8-9,14-15,19H,3-7,10-13H2,1-2H3/t19-/m1/s1. The van der Waals surface area contributed by atoms with Gasteiger partial charge in [0.2, 0.25) is 5.91 Å². The van der Waals surface area contributed by atoms with Crippen molar-refractivity contribution in [3.05, 3.63) is 33.8 Å². The number of benzene rings is 1. The van der Waals surface area contributed by atoms with E-state index in [2.05, 4.69) is 4.90 Å². The van der Waals surface area contributed by atoms with Crippen LogP contribution in [0.4, 0.5) is 0 Å². The fourth-order valence-corrected chi connectivity index (χ4v) is 4.84. The maximum absolute atomic E-state index is 13.0. The van der Waals surface area contributed by atoms with Gasteiger partial charge in [0.15, 0.2) is 0 Å². The quantitative estimate of drug-likeness (QED) is 0.720. The van der Waals surface area contributed by atoms with E-state index in [1.807, 2.05) is 23.8 Å². The van der Waals surface area contributed by atoms with Crippen LogP contribution < -0.4 is 0 Å². The number of amides is 2. The molecule has 7 heteroatoms. The van der Waals surface area contributed by atoms with Crippen molar-refractivity contribution in [1.29, 1.82) is 0 Å². The first-order chi connectivity index (χ1) is 13.4. The van der Waals surface area contributed by atoms with E-state index in [0.29, 0.717) is 47.7 Å². The maximum atomic E-state index is 13.0. The lowest BCUT2D eigenvalue weighted by Crippen LogP contribution is -2.58. The van der Waals surface area contributed by atoms with E-state index in [9.17, 15) is 9.59 Å². The van der Waals surface area contributed by atoms with Gasteiger partial charge in [-0.05, 0) is 43.9 Å². The summed E-state index contributed by atoms with van der Waals surface area (Å²) in [5, 5.41) is 0.896. The zero-order valence-corrected chi connectivity index (χ0v) is 18.2. The van der Waals surface area contributed by atoms with Crippen LogP contribution in [-0.4, -0.2) is 72.3 Å². The molecule has 1 saturated heterocycles. The molecule has 1 aromatic rings. The Balaban J connectivity index is 1.68. The Labute approximate surface area is 177 Å². The fourth-order valence-electron chi connectivity index (χ4n) is 4.35. The number of carbonyl (C=O) groups is 2. The first-order valence-electron chi connectivity index (χ1n) is 10.2. The lowest BCUT2D eigenvalue weighted by molar-refractivity contribution is -0.138. The number of hydrogen-bond donors (Lipinski definition) is 0. The van der Waals surface area contributed by atoms with E-state index < -0.39 is 0 Å². The molecular formula is C21H29Cl2N3O2. The Morgan fingerprint density at radius 1 is 1.14 bits per heavy atom. The van der Waals surface area contributed by atoms with Crippen molar-refractivity contribution < 1.29 is 9.59 Å². The van der Waals surface area contributed by atoms with Crippen molar-refractivity contribution in [3.63, 3.8) is 0 Å². The smallest absolute Gasteiger partial charge is 0.255 e. The zero-order chi connectivity index (χ0) is 20.3. The lowest BCUT2D eigenvalue weighted by atomic mass is 9.94. The molecule has 0 radical (unpaired) electrons. The molecule has 28 heavy (non-hydrogen) atoms. The second kappa shape index (κ2) is 9.47. The molecular weight excluding hydrogens is 397 g/mol. The summed E-state index contributed by atoms with van der Waals surface area (Å²) >= 11 is 12.1. The van der Waals surface area contributed by atoms with Crippen LogP contribution in [0.15, 0.2) is 18.2 Å². The van der Waals surface area contributed by atoms with E-state index >= 15 is 0 Å². The van der Waals surface area contributed by atoms with E-state index in [1.165, 1.54) is 12.8 Å². The van der Waals surface area contributed by atoms with Crippen molar-refractivity contribution >= 4 is 35.0 Å². The van der Waals surface area contributed by atoms with Crippen LogP contribution in [0.25, 0.3) is 0 Å². The Morgan fingerprint density at radius 2 is 1.79 bits per heavy atom. The van der Waals surface area contributed by atoms with Crippen LogP contribution in [0.2, 0.25) is 10.0 Å². The Bertz CT molecular complexity index is 714. The number of carbonyl (C=O) groups excluding carboxylic acids is 2. The molecule has 2 aliphatic rings. The predicted octanol–water partition coefficient (Wildman–Crippen LogP) is 3.79. The molecule has 1 saturated carbocycles. The number of piperazine rings is 1. The maximum Gasteiger partial charge on any atom is 0.255 e. The van der Waals surface area contributed by atoms with E-state index in [4.69, 9.17) is 23.2 Å². The molecule has 0 N–H and O–H groups in total. The van der Waals surface area contributed by atoms with E-state index in [-0.39, 0.29) is 17.9 Å². The van der Waals surface area contributed by atoms with Crippen LogP contribution in [0.3, 0.4) is 0 Å². The SMILES string of the molecule is CCN(C)C(=O)[C@@H](C1CCCC1)N1CCN(C(=O)c2ccc(Cl)cc2Cl)CC1. The Hall–Kier alpha value is -1.30. The Kier molecular flexibility index (Phi) is 7.24. The second-order valence-corrected chi connectivity index (χ2v) is 8.64. The molecule has 0 unspecified atom stereocenters. The average Bonchev–Trinajstić information content (AvgIpc) is 3.21. The molecule has 1 atom stereocenters. The van der Waals surface area contributed by atoms with Crippen molar-refractivity contribution in [3.8, 4) is 0 Å². The molecule has 5 nitrogen and oxygen atoms in total. The molecule has 1 aromatic carbocycles. The molecule has 0 spiro atoms. The first kappa shape index (κ1) is 21.4. The summed E-state index contributed by atoms with van der Waals surface area (Å²) < 4.78 is 0. The van der Waals surface area contributed by atoms with Gasteiger partial charge in [-0.15, -0.1) is 0 Å². The van der Waals surface area contributed by atoms with Gasteiger partial charge in [-0.25, -0.2) is 0 Å². The highest BCUT2D eigenvalue weighted by molar-refractivity contribution is 6.36. The molecule has 154 valence electrons. The summed E-state index contributed by atoms with van der Waals surface area (Å²) in [4.78, 5) is 31.8. The lowest BCUT2D eigenvalue weighted by Gasteiger charge is -2.42. The van der Waals surface area contributed by atoms with Crippen LogP contribution >= 0.6 is 23.2 Å². The summed E-state index contributed by atoms with van der Waals surface area (Å²) in [6, 6.07) is 4.90. The van der Waals surface area contributed by atoms with E-state index in [1.54, 1.807) is 18.2 Å². The summed E-state index contributed by atoms with van der Waals surface area (Å²) in [6.45, 7) is 5.35. The normalized spacial score (nSPS) is 19.6. The number of hydrogen-bond acceptors (Lipinski definition) is 3. The summed E-state index contributed by atoms with van der Waals surface area (Å²) in [5.41, 5.74) is 0.480. The highest BCUT2D eigenvalue weighted by Crippen LogP contribution is 2.32. The third kappa shape index (κ3) is 4.64. The highest BCUT2D eigenvalue weighted by Gasteiger charge is 2.38. The second-order valence-electron chi connectivity index (χ2n) is 7.79. The van der Waals surface area contributed by atoms with Gasteiger partial charge in [0.1, 0.15) is 0 Å². The van der Waals surface area contributed by atoms with Gasteiger partial charge in [0.05, 0.1) is 16.6 Å². The van der Waals surface area contributed by atoms with Crippen molar-refractivity contribution in [2.24, 2.45) is 5.92 Å². The molecule has 2 fully saturated rings. The Morgan fingerprint density at radius 3 is 2.36 bits per heavy atom. The largest absolute Gasteiger partial charge is 0.345 e. The van der Waals surface area contributed by atoms with Gasteiger partial charge < -0.3 is 9.80 Å². The van der Waals surface area contributed by atoms with Crippen LogP contribution in [-0.2, 0) is 4.79 Å². The molecule has 0 aromatic heterocycles. The first-order valence-corrected chi connectivity index (χ1v) is 10.9. The van der Waals surface area contributed by atoms with Crippen molar-refractivity contribution in [2.75, 3.05) is 39.8 Å². The highest BCUT2D eigenvalue weighted by atomic mass is 35.5. The molecule has 2 amide bonds. The molecule has 3 rings (SSSR count). The van der Waals surface area contributed by atoms with E-state index in [0.717, 1.165) is 19.4 Å². The number of likely N-dealkylation sites (N-methyl/N-ethyl adjacent to an activating group) is 1. The van der Waals surface area contributed by atoms with Gasteiger partial charge in [-0.2, -0.15) is 0 Å². The zero-order valence-electron chi connectivity index (χ0n) is 16.7. The molecule has 1 aliphatic heterocycles. The minimum atomic E-state index is -0.0734. The van der Waals surface area contributed by atoms with Crippen LogP contribution in [0, 0.1) is 5.92 Å². The van der Waals surface area contributed by atoms with Crippen molar-refractivity contribution in [2.45, 2.75) is 38.6 Å². The third-order valence-electron chi connectivity index (χ3n) is 6.11. The van der Waals surface area contributed by atoms with Crippen molar-refractivity contribution in [1.82, 2.24) is 14.7 Å². The fraction of sp³-hybridized carbons (Fsp3) is 0.619. The summed E-state index contributed by atoms with van der Waals surface area (Å²) in [6.07, 6.45) is 4.65. The number of nitrogens with zero attached hydrogens (tertiary/aromatic N) is 3. The van der Waals surface area contributed by atoms with Gasteiger partial charge in [-0.1, -0.05) is 36.0 Å². The average molecular weight is 426 g/mol. The summed E-state index contributed by atoms with van der Waals surface area (Å²) in [7, 11) is 1.88. The topological polar surface area (TPSA) is 43.9 Å². The predicted molar refractivity (Wildman–Crippen MR) is 113 cm³/mol. The minimum absolute atomic E-state index is 0.0659. The van der Waals surface area contributed by atoms with Crippen LogP contribution in [0.1, 0.15) is 43.0 Å². The van der Waals surface area contributed by atoms with Gasteiger partial charge in [0, 0.05) is 44.8 Å². The monoisotopic (exact) mass is 425 g/mol. The van der Waals surface area contributed by atoms with Gasteiger partial charge in [-0.3, -0.25) is 14.5 Å². The minimum Gasteiger partial charge on any atom is -0.345 e. The third-order valence-corrected chi connectivity index (χ3v) is 6.65. The van der Waals surface area contributed by atoms with Gasteiger partial charge >= 0.3 is 0 Å². The summed E-state index contributed by atoms with van der Waals surface area (Å²) in [5.74, 6) is 0.570.